The molecule has 0 atom stereocenters. The molecule has 2 aromatic carbocycles. The lowest BCUT2D eigenvalue weighted by atomic mass is 10.1. The molecule has 0 unspecified atom stereocenters. The number of rotatable bonds is 2. The summed E-state index contributed by atoms with van der Waals surface area (Å²) in [5.74, 6) is -0.0139. The van der Waals surface area contributed by atoms with E-state index in [0.717, 1.165) is 41.9 Å². The number of para-hydroxylation sites is 1. The molecule has 1 fully saturated rings. The SMILES string of the molecule is O=C1c2ccccc2-c2nc3c(CN4CCCC4)cccc3nc21. The van der Waals surface area contributed by atoms with Gasteiger partial charge in [-0.2, -0.15) is 0 Å². The fraction of sp³-hybridized carbons (Fsp3) is 0.250. The van der Waals surface area contributed by atoms with Crippen LogP contribution in [0.3, 0.4) is 0 Å². The monoisotopic (exact) mass is 315 g/mol. The van der Waals surface area contributed by atoms with E-state index < -0.39 is 0 Å². The first-order chi connectivity index (χ1) is 11.8. The Balaban J connectivity index is 1.69. The number of carbonyl (C=O) groups is 1. The van der Waals surface area contributed by atoms with Gasteiger partial charge in [0.25, 0.3) is 0 Å². The van der Waals surface area contributed by atoms with Crippen molar-refractivity contribution in [3.05, 3.63) is 59.3 Å². The summed E-state index contributed by atoms with van der Waals surface area (Å²) in [6.45, 7) is 3.20. The minimum absolute atomic E-state index is 0.0139. The highest BCUT2D eigenvalue weighted by Crippen LogP contribution is 2.35. The van der Waals surface area contributed by atoms with Gasteiger partial charge in [0.2, 0.25) is 5.78 Å². The van der Waals surface area contributed by atoms with Crippen LogP contribution in [0.25, 0.3) is 22.3 Å². The van der Waals surface area contributed by atoms with Gasteiger partial charge in [-0.15, -0.1) is 0 Å². The summed E-state index contributed by atoms with van der Waals surface area (Å²) in [6, 6.07) is 13.8. The molecule has 1 saturated heterocycles. The second kappa shape index (κ2) is 5.21. The van der Waals surface area contributed by atoms with Crippen molar-refractivity contribution in [1.82, 2.24) is 14.9 Å². The Bertz CT molecular complexity index is 974. The fourth-order valence-corrected chi connectivity index (χ4v) is 3.81. The highest BCUT2D eigenvalue weighted by molar-refractivity contribution is 6.20. The van der Waals surface area contributed by atoms with E-state index in [4.69, 9.17) is 4.98 Å². The van der Waals surface area contributed by atoms with Gasteiger partial charge in [0.1, 0.15) is 11.4 Å². The molecule has 4 nitrogen and oxygen atoms in total. The third kappa shape index (κ3) is 2.00. The van der Waals surface area contributed by atoms with Gasteiger partial charge >= 0.3 is 0 Å². The maximum Gasteiger partial charge on any atom is 0.214 e. The number of ketones is 1. The van der Waals surface area contributed by atoms with Crippen LogP contribution in [0, 0.1) is 0 Å². The van der Waals surface area contributed by atoms with Gasteiger partial charge in [0, 0.05) is 17.7 Å². The van der Waals surface area contributed by atoms with Crippen LogP contribution in [0.2, 0.25) is 0 Å². The number of hydrogen-bond donors (Lipinski definition) is 0. The number of nitrogens with zero attached hydrogens (tertiary/aromatic N) is 3. The summed E-state index contributed by atoms with van der Waals surface area (Å²) in [5, 5.41) is 0. The Kier molecular flexibility index (Phi) is 3.00. The third-order valence-electron chi connectivity index (χ3n) is 5.01. The average molecular weight is 315 g/mol. The van der Waals surface area contributed by atoms with Crippen molar-refractivity contribution in [2.24, 2.45) is 0 Å². The predicted molar refractivity (Wildman–Crippen MR) is 92.9 cm³/mol. The normalized spacial score (nSPS) is 16.6. The topological polar surface area (TPSA) is 46.1 Å². The molecule has 1 aliphatic carbocycles. The number of carbonyl (C=O) groups excluding carboxylic acids is 1. The van der Waals surface area contributed by atoms with Crippen molar-refractivity contribution < 1.29 is 4.79 Å². The van der Waals surface area contributed by atoms with E-state index in [1.165, 1.54) is 18.4 Å². The van der Waals surface area contributed by atoms with E-state index in [2.05, 4.69) is 16.0 Å². The van der Waals surface area contributed by atoms with Crippen molar-refractivity contribution in [2.45, 2.75) is 19.4 Å². The van der Waals surface area contributed by atoms with Crippen LogP contribution in [-0.4, -0.2) is 33.7 Å². The largest absolute Gasteiger partial charge is 0.299 e. The summed E-state index contributed by atoms with van der Waals surface area (Å²) >= 11 is 0. The highest BCUT2D eigenvalue weighted by Gasteiger charge is 2.30. The lowest BCUT2D eigenvalue weighted by Gasteiger charge is -2.15. The van der Waals surface area contributed by atoms with Crippen molar-refractivity contribution in [2.75, 3.05) is 13.1 Å². The van der Waals surface area contributed by atoms with Crippen LogP contribution in [0.1, 0.15) is 34.5 Å². The summed E-state index contributed by atoms with van der Waals surface area (Å²) in [6.07, 6.45) is 2.54. The van der Waals surface area contributed by atoms with Crippen molar-refractivity contribution in [3.8, 4) is 11.3 Å². The minimum atomic E-state index is -0.0139. The second-order valence-corrected chi connectivity index (χ2v) is 6.56. The molecule has 0 radical (unpaired) electrons. The summed E-state index contributed by atoms with van der Waals surface area (Å²) in [7, 11) is 0. The van der Waals surface area contributed by atoms with Crippen molar-refractivity contribution >= 4 is 16.8 Å². The summed E-state index contributed by atoms with van der Waals surface area (Å²) < 4.78 is 0. The zero-order valence-electron chi connectivity index (χ0n) is 13.3. The molecule has 3 aromatic rings. The summed E-state index contributed by atoms with van der Waals surface area (Å²) in [4.78, 5) is 24.6. The molecule has 1 aliphatic heterocycles. The van der Waals surface area contributed by atoms with Crippen LogP contribution in [0.4, 0.5) is 0 Å². The average Bonchev–Trinajstić information content (AvgIpc) is 3.22. The van der Waals surface area contributed by atoms with Gasteiger partial charge in [-0.05, 0) is 37.6 Å². The predicted octanol–water partition coefficient (Wildman–Crippen LogP) is 3.44. The molecule has 24 heavy (non-hydrogen) atoms. The molecular weight excluding hydrogens is 298 g/mol. The van der Waals surface area contributed by atoms with Crippen LogP contribution >= 0.6 is 0 Å². The van der Waals surface area contributed by atoms with Gasteiger partial charge < -0.3 is 0 Å². The smallest absolute Gasteiger partial charge is 0.214 e. The van der Waals surface area contributed by atoms with Crippen LogP contribution in [0.5, 0.6) is 0 Å². The van der Waals surface area contributed by atoms with E-state index in [0.29, 0.717) is 11.3 Å². The maximum atomic E-state index is 12.6. The lowest BCUT2D eigenvalue weighted by Crippen LogP contribution is -2.18. The quantitative estimate of drug-likeness (QED) is 0.568. The van der Waals surface area contributed by atoms with E-state index in [9.17, 15) is 4.79 Å². The van der Waals surface area contributed by atoms with Crippen molar-refractivity contribution in [1.29, 1.82) is 0 Å². The zero-order valence-corrected chi connectivity index (χ0v) is 13.3. The van der Waals surface area contributed by atoms with Crippen LogP contribution < -0.4 is 0 Å². The molecule has 2 aliphatic rings. The van der Waals surface area contributed by atoms with E-state index in [-0.39, 0.29) is 5.78 Å². The van der Waals surface area contributed by atoms with Gasteiger partial charge in [-0.25, -0.2) is 9.97 Å². The lowest BCUT2D eigenvalue weighted by molar-refractivity contribution is 0.103. The first-order valence-corrected chi connectivity index (χ1v) is 8.47. The van der Waals surface area contributed by atoms with Gasteiger partial charge in [-0.3, -0.25) is 9.69 Å². The third-order valence-corrected chi connectivity index (χ3v) is 5.01. The van der Waals surface area contributed by atoms with E-state index in [1.54, 1.807) is 0 Å². The van der Waals surface area contributed by atoms with E-state index >= 15 is 0 Å². The molecule has 0 spiro atoms. The Hall–Kier alpha value is -2.59. The zero-order chi connectivity index (χ0) is 16.1. The van der Waals surface area contributed by atoms with Crippen LogP contribution in [-0.2, 0) is 6.54 Å². The summed E-state index contributed by atoms with van der Waals surface area (Å²) in [5.41, 5.74) is 5.77. The van der Waals surface area contributed by atoms with Gasteiger partial charge in [0.05, 0.1) is 11.0 Å². The van der Waals surface area contributed by atoms with E-state index in [1.807, 2.05) is 36.4 Å². The number of benzene rings is 2. The van der Waals surface area contributed by atoms with Gasteiger partial charge in [-0.1, -0.05) is 36.4 Å². The first-order valence-electron chi connectivity index (χ1n) is 8.47. The fourth-order valence-electron chi connectivity index (χ4n) is 3.81. The minimum Gasteiger partial charge on any atom is -0.299 e. The first kappa shape index (κ1) is 13.8. The molecule has 0 amide bonds. The highest BCUT2D eigenvalue weighted by atomic mass is 16.1. The Morgan fingerprint density at radius 3 is 2.50 bits per heavy atom. The molecule has 118 valence electrons. The molecule has 1 aromatic heterocycles. The molecule has 0 saturated carbocycles. The Labute approximate surface area is 140 Å². The molecular formula is C20H17N3O. The standard InChI is InChI=1S/C20H17N3O/c24-20-15-8-2-1-7-14(15)18-19(20)21-16-9-5-6-13(17(16)22-18)12-23-10-3-4-11-23/h1-2,5-9H,3-4,10-12H2. The molecule has 0 bridgehead atoms. The number of likely N-dealkylation sites (tertiary alicyclic amines) is 1. The van der Waals surface area contributed by atoms with Crippen molar-refractivity contribution in [3.63, 3.8) is 0 Å². The molecule has 2 heterocycles. The number of hydrogen-bond acceptors (Lipinski definition) is 4. The Morgan fingerprint density at radius 2 is 1.67 bits per heavy atom. The molecule has 4 heteroatoms. The Morgan fingerprint density at radius 1 is 0.875 bits per heavy atom. The molecule has 0 N–H and O–H groups in total. The van der Waals surface area contributed by atoms with Gasteiger partial charge in [0.15, 0.2) is 0 Å². The van der Waals surface area contributed by atoms with Crippen LogP contribution in [0.15, 0.2) is 42.5 Å². The molecule has 5 rings (SSSR count). The number of aromatic nitrogens is 2. The number of fused-ring (bicyclic) bond motifs is 4. The second-order valence-electron chi connectivity index (χ2n) is 6.56. The maximum absolute atomic E-state index is 12.6.